The molecule has 1 amide bonds. The van der Waals surface area contributed by atoms with E-state index >= 15 is 0 Å². The molecule has 9 heteroatoms. The summed E-state index contributed by atoms with van der Waals surface area (Å²) in [6.07, 6.45) is 0.454. The van der Waals surface area contributed by atoms with Gasteiger partial charge in [0.1, 0.15) is 11.5 Å². The zero-order chi connectivity index (χ0) is 27.0. The van der Waals surface area contributed by atoms with Gasteiger partial charge in [-0.05, 0) is 55.5 Å². The first-order valence-electron chi connectivity index (χ1n) is 12.7. The summed E-state index contributed by atoms with van der Waals surface area (Å²) >= 11 is 0. The third-order valence-corrected chi connectivity index (χ3v) is 6.20. The largest absolute Gasteiger partial charge is 0.494 e. The van der Waals surface area contributed by atoms with E-state index in [1.165, 1.54) is 0 Å². The number of hydrogen-bond acceptors (Lipinski definition) is 5. The highest BCUT2D eigenvalue weighted by Crippen LogP contribution is 2.39. The number of ether oxygens (including phenoxy) is 2. The second kappa shape index (κ2) is 12.7. The molecule has 0 saturated heterocycles. The van der Waals surface area contributed by atoms with Gasteiger partial charge in [-0.1, -0.05) is 26.0 Å². The molecule has 0 heterocycles. The van der Waals surface area contributed by atoms with Crippen LogP contribution in [-0.2, 0) is 16.0 Å². The number of amides is 1. The van der Waals surface area contributed by atoms with Gasteiger partial charge in [0.25, 0.3) is 0 Å². The minimum atomic E-state index is -2.65. The van der Waals surface area contributed by atoms with Gasteiger partial charge in [-0.25, -0.2) is 13.6 Å². The van der Waals surface area contributed by atoms with Crippen LogP contribution in [0.25, 0.3) is 0 Å². The maximum absolute atomic E-state index is 13.9. The number of alkyl halides is 2. The minimum Gasteiger partial charge on any atom is -0.494 e. The lowest BCUT2D eigenvalue weighted by Crippen LogP contribution is -2.43. The van der Waals surface area contributed by atoms with Crippen LogP contribution in [-0.4, -0.2) is 48.7 Å². The number of nitrogens with zero attached hydrogens (tertiary/aromatic N) is 1. The van der Waals surface area contributed by atoms with E-state index < -0.39 is 18.5 Å². The number of carbonyl (C=O) groups excluding carboxylic acids is 1. The third kappa shape index (κ3) is 8.61. The number of rotatable bonds is 12. The van der Waals surface area contributed by atoms with Crippen molar-refractivity contribution in [1.82, 2.24) is 0 Å². The second-order valence-corrected chi connectivity index (χ2v) is 9.80. The SMILES string of the molecule is CCOc1ccc(CC(=O)Nc2cc(OCC(=O)O)ccc2N(CC(C)C)C2CCC(F)(F)CC2)cc1. The summed E-state index contributed by atoms with van der Waals surface area (Å²) in [5.41, 5.74) is 1.96. The van der Waals surface area contributed by atoms with Gasteiger partial charge in [-0.15, -0.1) is 0 Å². The first-order valence-corrected chi connectivity index (χ1v) is 12.7. The molecule has 37 heavy (non-hydrogen) atoms. The number of carboxylic acids is 1. The van der Waals surface area contributed by atoms with Gasteiger partial charge >= 0.3 is 5.97 Å². The fourth-order valence-electron chi connectivity index (χ4n) is 4.52. The molecule has 1 fully saturated rings. The molecule has 1 aliphatic rings. The number of benzene rings is 2. The standard InChI is InChI=1S/C28H36F2N2O5/c1-4-36-22-7-5-20(6-8-22)15-26(33)31-24-16-23(37-18-27(34)35)9-10-25(24)32(17-19(2)3)21-11-13-28(29,30)14-12-21/h5-10,16,19,21H,4,11-15,17-18H2,1-3H3,(H,31,33)(H,34,35). The van der Waals surface area contributed by atoms with E-state index in [0.717, 1.165) is 11.3 Å². The number of nitrogens with one attached hydrogen (secondary N) is 1. The Kier molecular flexibility index (Phi) is 9.72. The summed E-state index contributed by atoms with van der Waals surface area (Å²) in [6.45, 7) is 6.65. The predicted octanol–water partition coefficient (Wildman–Crippen LogP) is 5.77. The van der Waals surface area contributed by atoms with Crippen molar-refractivity contribution in [3.05, 3.63) is 48.0 Å². The minimum absolute atomic E-state index is 0.102. The van der Waals surface area contributed by atoms with E-state index in [0.29, 0.717) is 43.1 Å². The average Bonchev–Trinajstić information content (AvgIpc) is 2.83. The Morgan fingerprint density at radius 2 is 1.73 bits per heavy atom. The van der Waals surface area contributed by atoms with Crippen molar-refractivity contribution >= 4 is 23.3 Å². The number of anilines is 2. The van der Waals surface area contributed by atoms with Gasteiger partial charge < -0.3 is 24.8 Å². The number of aliphatic carboxylic acids is 1. The van der Waals surface area contributed by atoms with Crippen LogP contribution < -0.4 is 19.7 Å². The number of hydrogen-bond donors (Lipinski definition) is 2. The summed E-state index contributed by atoms with van der Waals surface area (Å²) in [5.74, 6) is -2.77. The number of halogens is 2. The highest BCUT2D eigenvalue weighted by Gasteiger charge is 2.37. The molecule has 2 aromatic carbocycles. The Bertz CT molecular complexity index is 1050. The Balaban J connectivity index is 1.87. The first-order chi connectivity index (χ1) is 17.6. The van der Waals surface area contributed by atoms with Gasteiger partial charge in [0, 0.05) is 31.5 Å². The first kappa shape index (κ1) is 28.2. The van der Waals surface area contributed by atoms with Gasteiger partial charge in [0.05, 0.1) is 24.4 Å². The topological polar surface area (TPSA) is 88.1 Å². The molecule has 202 valence electrons. The quantitative estimate of drug-likeness (QED) is 0.371. The molecule has 0 aliphatic heterocycles. The van der Waals surface area contributed by atoms with Crippen LogP contribution in [0, 0.1) is 5.92 Å². The Labute approximate surface area is 216 Å². The van der Waals surface area contributed by atoms with Gasteiger partial charge in [0.2, 0.25) is 11.8 Å². The van der Waals surface area contributed by atoms with Crippen LogP contribution >= 0.6 is 0 Å². The highest BCUT2D eigenvalue weighted by atomic mass is 19.3. The maximum atomic E-state index is 13.9. The van der Waals surface area contributed by atoms with Crippen molar-refractivity contribution in [2.75, 3.05) is 30.0 Å². The van der Waals surface area contributed by atoms with Gasteiger partial charge in [-0.3, -0.25) is 4.79 Å². The fourth-order valence-corrected chi connectivity index (χ4v) is 4.52. The molecule has 2 N–H and O–H groups in total. The van der Waals surface area contributed by atoms with Crippen LogP contribution in [0.1, 0.15) is 52.0 Å². The lowest BCUT2D eigenvalue weighted by atomic mass is 9.90. The van der Waals surface area contributed by atoms with Crippen LogP contribution in [0.2, 0.25) is 0 Å². The zero-order valence-corrected chi connectivity index (χ0v) is 21.6. The molecule has 0 aromatic heterocycles. The van der Waals surface area contributed by atoms with Crippen molar-refractivity contribution in [1.29, 1.82) is 0 Å². The van der Waals surface area contributed by atoms with Crippen LogP contribution in [0.15, 0.2) is 42.5 Å². The summed E-state index contributed by atoms with van der Waals surface area (Å²) in [6, 6.07) is 12.2. The molecule has 0 radical (unpaired) electrons. The molecule has 3 rings (SSSR count). The lowest BCUT2D eigenvalue weighted by Gasteiger charge is -2.40. The maximum Gasteiger partial charge on any atom is 0.341 e. The van der Waals surface area contributed by atoms with E-state index in [4.69, 9.17) is 14.6 Å². The average molecular weight is 519 g/mol. The second-order valence-electron chi connectivity index (χ2n) is 9.80. The van der Waals surface area contributed by atoms with Crippen molar-refractivity contribution < 1.29 is 33.0 Å². The molecule has 7 nitrogen and oxygen atoms in total. The number of carbonyl (C=O) groups is 2. The molecule has 0 spiro atoms. The summed E-state index contributed by atoms with van der Waals surface area (Å²) < 4.78 is 38.6. The zero-order valence-electron chi connectivity index (χ0n) is 21.6. The molecule has 0 bridgehead atoms. The lowest BCUT2D eigenvalue weighted by molar-refractivity contribution is -0.139. The molecular formula is C28H36F2N2O5. The smallest absolute Gasteiger partial charge is 0.341 e. The molecule has 1 saturated carbocycles. The van der Waals surface area contributed by atoms with E-state index in [1.54, 1.807) is 30.3 Å². The Hall–Kier alpha value is -3.36. The highest BCUT2D eigenvalue weighted by molar-refractivity contribution is 5.96. The van der Waals surface area contributed by atoms with E-state index in [9.17, 15) is 18.4 Å². The summed E-state index contributed by atoms with van der Waals surface area (Å²) in [7, 11) is 0. The monoisotopic (exact) mass is 518 g/mol. The normalized spacial score (nSPS) is 15.3. The van der Waals surface area contributed by atoms with Crippen LogP contribution in [0.5, 0.6) is 11.5 Å². The van der Waals surface area contributed by atoms with Crippen molar-refractivity contribution in [3.8, 4) is 11.5 Å². The van der Waals surface area contributed by atoms with E-state index in [2.05, 4.69) is 24.1 Å². The molecule has 2 aromatic rings. The summed E-state index contributed by atoms with van der Waals surface area (Å²) in [4.78, 5) is 26.1. The van der Waals surface area contributed by atoms with Crippen molar-refractivity contribution in [2.45, 2.75) is 64.8 Å². The van der Waals surface area contributed by atoms with Crippen LogP contribution in [0.4, 0.5) is 20.2 Å². The molecule has 0 atom stereocenters. The van der Waals surface area contributed by atoms with Crippen molar-refractivity contribution in [3.63, 3.8) is 0 Å². The molecule has 1 aliphatic carbocycles. The number of carboxylic acid groups (broad SMARTS) is 1. The Morgan fingerprint density at radius 3 is 2.32 bits per heavy atom. The fraction of sp³-hybridized carbons (Fsp3) is 0.500. The Morgan fingerprint density at radius 1 is 1.08 bits per heavy atom. The molecular weight excluding hydrogens is 482 g/mol. The molecule has 0 unspecified atom stereocenters. The third-order valence-electron chi connectivity index (χ3n) is 6.20. The van der Waals surface area contributed by atoms with E-state index in [1.807, 2.05) is 19.1 Å². The van der Waals surface area contributed by atoms with Crippen LogP contribution in [0.3, 0.4) is 0 Å². The van der Waals surface area contributed by atoms with Crippen molar-refractivity contribution in [2.24, 2.45) is 5.92 Å². The predicted molar refractivity (Wildman–Crippen MR) is 139 cm³/mol. The van der Waals surface area contributed by atoms with E-state index in [-0.39, 0.29) is 37.1 Å². The summed E-state index contributed by atoms with van der Waals surface area (Å²) in [5, 5.41) is 11.9. The van der Waals surface area contributed by atoms with Gasteiger partial charge in [0.15, 0.2) is 6.61 Å². The van der Waals surface area contributed by atoms with Gasteiger partial charge in [-0.2, -0.15) is 0 Å².